The summed E-state index contributed by atoms with van der Waals surface area (Å²) in [6, 6.07) is 9.07. The highest BCUT2D eigenvalue weighted by molar-refractivity contribution is 5.89. The van der Waals surface area contributed by atoms with E-state index in [2.05, 4.69) is 42.3 Å². The molecule has 0 bridgehead atoms. The molecule has 0 unspecified atom stereocenters. The number of nitrogens with zero attached hydrogens (tertiary/aromatic N) is 2. The van der Waals surface area contributed by atoms with Crippen molar-refractivity contribution >= 4 is 17.4 Å². The number of amides is 2. The number of piperazine rings is 1. The molecule has 1 saturated heterocycles. The number of nitrogens with one attached hydrogen (secondary N) is 1. The Bertz CT molecular complexity index is 802. The van der Waals surface area contributed by atoms with E-state index in [1.54, 1.807) is 4.90 Å². The number of anilines is 2. The van der Waals surface area contributed by atoms with Crippen molar-refractivity contribution in [2.24, 2.45) is 0 Å². The van der Waals surface area contributed by atoms with E-state index in [1.807, 2.05) is 0 Å². The maximum atomic E-state index is 13.7. The van der Waals surface area contributed by atoms with Crippen molar-refractivity contribution < 1.29 is 13.6 Å². The Morgan fingerprint density at radius 1 is 1.12 bits per heavy atom. The first kappa shape index (κ1) is 18.2. The van der Waals surface area contributed by atoms with Crippen LogP contribution in [0.2, 0.25) is 0 Å². The van der Waals surface area contributed by atoms with Gasteiger partial charge < -0.3 is 15.1 Å². The first-order chi connectivity index (χ1) is 12.5. The molecule has 0 spiro atoms. The smallest absolute Gasteiger partial charge is 0.322 e. The molecular formula is C20H23F2N3O. The number of carbonyl (C=O) groups is 1. The molecule has 6 heteroatoms. The Morgan fingerprint density at radius 2 is 1.85 bits per heavy atom. The third-order valence-electron chi connectivity index (χ3n) is 4.76. The third kappa shape index (κ3) is 3.79. The molecule has 0 aromatic heterocycles. The van der Waals surface area contributed by atoms with E-state index in [0.29, 0.717) is 13.1 Å². The Balaban J connectivity index is 1.64. The molecule has 0 saturated carbocycles. The molecule has 1 fully saturated rings. The van der Waals surface area contributed by atoms with Gasteiger partial charge in [-0.2, -0.15) is 0 Å². The number of rotatable bonds is 3. The third-order valence-corrected chi connectivity index (χ3v) is 4.76. The molecule has 1 aliphatic heterocycles. The van der Waals surface area contributed by atoms with Gasteiger partial charge in [0, 0.05) is 37.9 Å². The summed E-state index contributed by atoms with van der Waals surface area (Å²) in [5, 5.41) is 2.52. The predicted molar refractivity (Wildman–Crippen MR) is 99.7 cm³/mol. The highest BCUT2D eigenvalue weighted by Gasteiger charge is 2.23. The van der Waals surface area contributed by atoms with Gasteiger partial charge in [0.25, 0.3) is 0 Å². The van der Waals surface area contributed by atoms with Gasteiger partial charge in [-0.1, -0.05) is 25.1 Å². The van der Waals surface area contributed by atoms with Gasteiger partial charge in [-0.05, 0) is 36.6 Å². The van der Waals surface area contributed by atoms with Crippen LogP contribution in [0.4, 0.5) is 25.0 Å². The highest BCUT2D eigenvalue weighted by Crippen LogP contribution is 2.27. The molecule has 1 aliphatic rings. The molecule has 1 N–H and O–H groups in total. The number of benzene rings is 2. The lowest BCUT2D eigenvalue weighted by atomic mass is 10.0. The van der Waals surface area contributed by atoms with Crippen LogP contribution >= 0.6 is 0 Å². The van der Waals surface area contributed by atoms with Gasteiger partial charge in [0.1, 0.15) is 11.6 Å². The summed E-state index contributed by atoms with van der Waals surface area (Å²) in [6.45, 7) is 6.77. The van der Waals surface area contributed by atoms with Crippen molar-refractivity contribution in [3.63, 3.8) is 0 Å². The Hall–Kier alpha value is -2.63. The molecule has 0 radical (unpaired) electrons. The first-order valence-corrected chi connectivity index (χ1v) is 8.84. The molecule has 3 rings (SSSR count). The van der Waals surface area contributed by atoms with E-state index in [4.69, 9.17) is 0 Å². The molecule has 2 amide bonds. The van der Waals surface area contributed by atoms with E-state index in [0.717, 1.165) is 31.6 Å². The van der Waals surface area contributed by atoms with Gasteiger partial charge in [0.2, 0.25) is 0 Å². The lowest BCUT2D eigenvalue weighted by Crippen LogP contribution is -2.50. The Morgan fingerprint density at radius 3 is 2.50 bits per heavy atom. The molecule has 138 valence electrons. The first-order valence-electron chi connectivity index (χ1n) is 8.84. The molecule has 2 aromatic carbocycles. The van der Waals surface area contributed by atoms with Crippen LogP contribution in [0.15, 0.2) is 36.4 Å². The average molecular weight is 359 g/mol. The largest absolute Gasteiger partial charge is 0.368 e. The molecule has 0 aliphatic carbocycles. The lowest BCUT2D eigenvalue weighted by molar-refractivity contribution is 0.208. The number of hydrogen-bond acceptors (Lipinski definition) is 2. The van der Waals surface area contributed by atoms with Crippen molar-refractivity contribution in [1.82, 2.24) is 4.90 Å². The van der Waals surface area contributed by atoms with Crippen LogP contribution in [-0.2, 0) is 6.42 Å². The second-order valence-electron chi connectivity index (χ2n) is 6.46. The number of para-hydroxylation sites is 1. The SMILES string of the molecule is CCc1cccc(C)c1N1CCN(C(=O)Nc2ccc(F)cc2F)CC1. The van der Waals surface area contributed by atoms with Gasteiger partial charge in [-0.25, -0.2) is 13.6 Å². The zero-order chi connectivity index (χ0) is 18.7. The molecule has 0 atom stereocenters. The summed E-state index contributed by atoms with van der Waals surface area (Å²) in [5.41, 5.74) is 3.78. The van der Waals surface area contributed by atoms with Crippen LogP contribution in [-0.4, -0.2) is 37.1 Å². The summed E-state index contributed by atoms with van der Waals surface area (Å²) in [6.07, 6.45) is 0.960. The summed E-state index contributed by atoms with van der Waals surface area (Å²) in [5.74, 6) is -1.44. The van der Waals surface area contributed by atoms with Crippen molar-refractivity contribution in [3.8, 4) is 0 Å². The van der Waals surface area contributed by atoms with Gasteiger partial charge >= 0.3 is 6.03 Å². The minimum absolute atomic E-state index is 0.00833. The van der Waals surface area contributed by atoms with Crippen molar-refractivity contribution in [3.05, 3.63) is 59.2 Å². The Kier molecular flexibility index (Phi) is 5.40. The lowest BCUT2D eigenvalue weighted by Gasteiger charge is -2.37. The van der Waals surface area contributed by atoms with Crippen LogP contribution in [0.5, 0.6) is 0 Å². The van der Waals surface area contributed by atoms with E-state index >= 15 is 0 Å². The number of halogens is 2. The van der Waals surface area contributed by atoms with Crippen molar-refractivity contribution in [2.45, 2.75) is 20.3 Å². The minimum Gasteiger partial charge on any atom is -0.368 e. The average Bonchev–Trinajstić information content (AvgIpc) is 2.64. The second-order valence-corrected chi connectivity index (χ2v) is 6.46. The van der Waals surface area contributed by atoms with Gasteiger partial charge in [0.05, 0.1) is 5.69 Å². The standard InChI is InChI=1S/C20H23F2N3O/c1-3-15-6-4-5-14(2)19(15)24-9-11-25(12-10-24)20(26)23-18-8-7-16(21)13-17(18)22/h4-8,13H,3,9-12H2,1-2H3,(H,23,26). The molecular weight excluding hydrogens is 336 g/mol. The quantitative estimate of drug-likeness (QED) is 0.892. The fourth-order valence-electron chi connectivity index (χ4n) is 3.38. The number of aryl methyl sites for hydroxylation is 2. The van der Waals surface area contributed by atoms with E-state index < -0.39 is 11.6 Å². The maximum Gasteiger partial charge on any atom is 0.322 e. The van der Waals surface area contributed by atoms with Gasteiger partial charge in [-0.3, -0.25) is 0 Å². The van der Waals surface area contributed by atoms with E-state index in [-0.39, 0.29) is 11.7 Å². The number of hydrogen-bond donors (Lipinski definition) is 1. The van der Waals surface area contributed by atoms with Crippen LogP contribution < -0.4 is 10.2 Å². The number of carbonyl (C=O) groups excluding carboxylic acids is 1. The van der Waals surface area contributed by atoms with Crippen LogP contribution in [0.1, 0.15) is 18.1 Å². The Labute approximate surface area is 152 Å². The summed E-state index contributed by atoms with van der Waals surface area (Å²) >= 11 is 0. The summed E-state index contributed by atoms with van der Waals surface area (Å²) in [4.78, 5) is 16.3. The monoisotopic (exact) mass is 359 g/mol. The van der Waals surface area contributed by atoms with Crippen molar-refractivity contribution in [2.75, 3.05) is 36.4 Å². The van der Waals surface area contributed by atoms with Crippen LogP contribution in [0.3, 0.4) is 0 Å². The summed E-state index contributed by atoms with van der Waals surface area (Å²) < 4.78 is 26.7. The molecule has 2 aromatic rings. The van der Waals surface area contributed by atoms with Gasteiger partial charge in [-0.15, -0.1) is 0 Å². The molecule has 26 heavy (non-hydrogen) atoms. The predicted octanol–water partition coefficient (Wildman–Crippen LogP) is 4.19. The van der Waals surface area contributed by atoms with E-state index in [1.165, 1.54) is 22.9 Å². The fourth-order valence-corrected chi connectivity index (χ4v) is 3.38. The van der Waals surface area contributed by atoms with Crippen LogP contribution in [0.25, 0.3) is 0 Å². The van der Waals surface area contributed by atoms with E-state index in [9.17, 15) is 13.6 Å². The second kappa shape index (κ2) is 7.72. The zero-order valence-corrected chi connectivity index (χ0v) is 15.1. The molecule has 4 nitrogen and oxygen atoms in total. The maximum absolute atomic E-state index is 13.7. The normalized spacial score (nSPS) is 14.5. The highest BCUT2D eigenvalue weighted by atomic mass is 19.1. The number of urea groups is 1. The zero-order valence-electron chi connectivity index (χ0n) is 15.1. The van der Waals surface area contributed by atoms with Crippen LogP contribution in [0, 0.1) is 18.6 Å². The van der Waals surface area contributed by atoms with Gasteiger partial charge in [0.15, 0.2) is 0 Å². The van der Waals surface area contributed by atoms with Crippen molar-refractivity contribution in [1.29, 1.82) is 0 Å². The minimum atomic E-state index is -0.774. The molecule has 1 heterocycles. The topological polar surface area (TPSA) is 35.6 Å². The summed E-state index contributed by atoms with van der Waals surface area (Å²) in [7, 11) is 0. The fraction of sp³-hybridized carbons (Fsp3) is 0.350.